The first kappa shape index (κ1) is 8.93. The van der Waals surface area contributed by atoms with Crippen LogP contribution in [-0.4, -0.2) is 9.78 Å². The molecule has 0 unspecified atom stereocenters. The molecule has 11 heavy (non-hydrogen) atoms. The largest absolute Gasteiger partial charge is 0.282 e. The third-order valence-electron chi connectivity index (χ3n) is 1.24. The Hall–Kier alpha value is -0.160. The summed E-state index contributed by atoms with van der Waals surface area (Å²) in [5.41, 5.74) is -0.109. The average molecular weight is 282 g/mol. The summed E-state index contributed by atoms with van der Waals surface area (Å²) in [5, 5.41) is 3.88. The van der Waals surface area contributed by atoms with Crippen LogP contribution in [0.25, 0.3) is 0 Å². The van der Waals surface area contributed by atoms with Crippen LogP contribution in [0, 0.1) is 0 Å². The molecule has 0 aromatic carbocycles. The molecule has 60 valence electrons. The summed E-state index contributed by atoms with van der Waals surface area (Å²) < 4.78 is 2.59. The second kappa shape index (κ2) is 3.49. The van der Waals surface area contributed by atoms with Crippen LogP contribution in [0.5, 0.6) is 0 Å². The van der Waals surface area contributed by atoms with Crippen LogP contribution in [-0.2, 0) is 6.54 Å². The van der Waals surface area contributed by atoms with Gasteiger partial charge in [-0.15, -0.1) is 0 Å². The third kappa shape index (κ3) is 1.70. The van der Waals surface area contributed by atoms with E-state index in [4.69, 9.17) is 0 Å². The fourth-order valence-electron chi connectivity index (χ4n) is 0.670. The van der Waals surface area contributed by atoms with E-state index in [-0.39, 0.29) is 5.56 Å². The summed E-state index contributed by atoms with van der Waals surface area (Å²) in [6, 6.07) is 0. The van der Waals surface area contributed by atoms with Crippen LogP contribution in [0.3, 0.4) is 0 Å². The molecule has 0 amide bonds. The molecule has 0 bridgehead atoms. The molecule has 1 rings (SSSR count). The fraction of sp³-hybridized carbons (Fsp3) is 0.333. The first-order chi connectivity index (χ1) is 5.16. The Bertz CT molecular complexity index is 321. The monoisotopic (exact) mass is 280 g/mol. The lowest BCUT2D eigenvalue weighted by molar-refractivity contribution is 0.610. The topological polar surface area (TPSA) is 34.9 Å². The van der Waals surface area contributed by atoms with Gasteiger partial charge in [0.2, 0.25) is 0 Å². The molecular weight excluding hydrogens is 276 g/mol. The van der Waals surface area contributed by atoms with Gasteiger partial charge in [0.1, 0.15) is 4.47 Å². The Morgan fingerprint density at radius 3 is 2.82 bits per heavy atom. The molecule has 1 aromatic heterocycles. The normalized spacial score (nSPS) is 10.1. The predicted molar refractivity (Wildman–Crippen MR) is 49.6 cm³/mol. The molecule has 0 saturated heterocycles. The van der Waals surface area contributed by atoms with Gasteiger partial charge in [0.15, 0.2) is 0 Å². The molecule has 0 spiro atoms. The van der Waals surface area contributed by atoms with Crippen LogP contribution in [0.2, 0.25) is 0 Å². The van der Waals surface area contributed by atoms with Crippen molar-refractivity contribution in [1.82, 2.24) is 9.78 Å². The minimum Gasteiger partial charge on any atom is -0.266 e. The van der Waals surface area contributed by atoms with Gasteiger partial charge in [0, 0.05) is 6.54 Å². The zero-order valence-electron chi connectivity index (χ0n) is 5.84. The predicted octanol–water partition coefficient (Wildman–Crippen LogP) is 1.79. The molecule has 1 aromatic rings. The highest BCUT2D eigenvalue weighted by Gasteiger charge is 2.03. The minimum absolute atomic E-state index is 0.109. The van der Waals surface area contributed by atoms with Gasteiger partial charge < -0.3 is 0 Å². The smallest absolute Gasteiger partial charge is 0.266 e. The first-order valence-electron chi connectivity index (χ1n) is 3.08. The maximum Gasteiger partial charge on any atom is 0.282 e. The maximum atomic E-state index is 11.2. The number of aromatic nitrogens is 2. The van der Waals surface area contributed by atoms with Crippen molar-refractivity contribution in [2.75, 3.05) is 0 Å². The number of rotatable bonds is 1. The molecule has 0 aliphatic carbocycles. The lowest BCUT2D eigenvalue weighted by atomic mass is 10.5. The minimum atomic E-state index is -0.109. The van der Waals surface area contributed by atoms with Crippen molar-refractivity contribution in [1.29, 1.82) is 0 Å². The van der Waals surface area contributed by atoms with Gasteiger partial charge in [-0.25, -0.2) is 4.68 Å². The van der Waals surface area contributed by atoms with E-state index in [1.807, 2.05) is 6.92 Å². The van der Waals surface area contributed by atoms with E-state index in [0.717, 1.165) is 0 Å². The standard InChI is InChI=1S/C6H6Br2N2O/c1-2-10-6(11)5(8)4(7)3-9-10/h3H,2H2,1H3. The van der Waals surface area contributed by atoms with E-state index < -0.39 is 0 Å². The maximum absolute atomic E-state index is 11.2. The van der Waals surface area contributed by atoms with E-state index in [0.29, 0.717) is 15.5 Å². The zero-order chi connectivity index (χ0) is 8.43. The molecular formula is C6H6Br2N2O. The average Bonchev–Trinajstić information content (AvgIpc) is 2.01. The molecule has 0 radical (unpaired) electrons. The summed E-state index contributed by atoms with van der Waals surface area (Å²) >= 11 is 6.34. The first-order valence-corrected chi connectivity index (χ1v) is 4.66. The summed E-state index contributed by atoms with van der Waals surface area (Å²) in [5.74, 6) is 0. The summed E-state index contributed by atoms with van der Waals surface area (Å²) in [6.07, 6.45) is 1.59. The lowest BCUT2D eigenvalue weighted by Crippen LogP contribution is -2.22. The van der Waals surface area contributed by atoms with Crippen molar-refractivity contribution in [2.45, 2.75) is 13.5 Å². The Balaban J connectivity index is 3.37. The van der Waals surface area contributed by atoms with E-state index in [1.54, 1.807) is 6.20 Å². The van der Waals surface area contributed by atoms with Gasteiger partial charge in [0.05, 0.1) is 10.7 Å². The molecule has 5 heteroatoms. The van der Waals surface area contributed by atoms with Gasteiger partial charge in [-0.1, -0.05) is 0 Å². The van der Waals surface area contributed by atoms with E-state index in [2.05, 4.69) is 37.0 Å². The Morgan fingerprint density at radius 1 is 1.64 bits per heavy atom. The Labute approximate surface area is 80.7 Å². The van der Waals surface area contributed by atoms with E-state index in [9.17, 15) is 4.79 Å². The van der Waals surface area contributed by atoms with Gasteiger partial charge in [-0.05, 0) is 38.8 Å². The molecule has 0 aliphatic heterocycles. The zero-order valence-corrected chi connectivity index (χ0v) is 9.02. The molecule has 0 atom stereocenters. The molecule has 0 saturated carbocycles. The summed E-state index contributed by atoms with van der Waals surface area (Å²) in [4.78, 5) is 11.2. The lowest BCUT2D eigenvalue weighted by Gasteiger charge is -2.00. The second-order valence-electron chi connectivity index (χ2n) is 1.93. The highest BCUT2D eigenvalue weighted by Crippen LogP contribution is 2.16. The van der Waals surface area contributed by atoms with Crippen LogP contribution >= 0.6 is 31.9 Å². The highest BCUT2D eigenvalue weighted by atomic mass is 79.9. The van der Waals surface area contributed by atoms with Crippen LogP contribution in [0.1, 0.15) is 6.92 Å². The molecule has 1 heterocycles. The Morgan fingerprint density at radius 2 is 2.27 bits per heavy atom. The number of nitrogens with zero attached hydrogens (tertiary/aromatic N) is 2. The van der Waals surface area contributed by atoms with Gasteiger partial charge >= 0.3 is 0 Å². The third-order valence-corrected chi connectivity index (χ3v) is 3.14. The molecule has 0 aliphatic rings. The van der Waals surface area contributed by atoms with Crippen molar-refractivity contribution in [2.24, 2.45) is 0 Å². The number of aryl methyl sites for hydroxylation is 1. The Kier molecular flexibility index (Phi) is 2.84. The van der Waals surface area contributed by atoms with Crippen molar-refractivity contribution >= 4 is 31.9 Å². The molecule has 0 fully saturated rings. The summed E-state index contributed by atoms with van der Waals surface area (Å²) in [7, 11) is 0. The van der Waals surface area contributed by atoms with Crippen molar-refractivity contribution < 1.29 is 0 Å². The number of hydrogen-bond acceptors (Lipinski definition) is 2. The van der Waals surface area contributed by atoms with Gasteiger partial charge in [-0.3, -0.25) is 4.79 Å². The SMILES string of the molecule is CCn1ncc(Br)c(Br)c1=O. The fourth-order valence-corrected chi connectivity index (χ4v) is 1.24. The molecule has 0 N–H and O–H groups in total. The number of halogens is 2. The van der Waals surface area contributed by atoms with Crippen LogP contribution < -0.4 is 5.56 Å². The van der Waals surface area contributed by atoms with E-state index >= 15 is 0 Å². The van der Waals surface area contributed by atoms with Crippen molar-refractivity contribution in [3.63, 3.8) is 0 Å². The highest BCUT2D eigenvalue weighted by molar-refractivity contribution is 9.13. The van der Waals surface area contributed by atoms with Gasteiger partial charge in [0.25, 0.3) is 5.56 Å². The number of hydrogen-bond donors (Lipinski definition) is 0. The van der Waals surface area contributed by atoms with Crippen LogP contribution in [0.4, 0.5) is 0 Å². The molecule has 3 nitrogen and oxygen atoms in total. The van der Waals surface area contributed by atoms with Crippen molar-refractivity contribution in [3.05, 3.63) is 25.5 Å². The quantitative estimate of drug-likeness (QED) is 0.787. The van der Waals surface area contributed by atoms with Crippen LogP contribution in [0.15, 0.2) is 19.9 Å². The van der Waals surface area contributed by atoms with Crippen molar-refractivity contribution in [3.8, 4) is 0 Å². The second-order valence-corrected chi connectivity index (χ2v) is 3.57. The van der Waals surface area contributed by atoms with E-state index in [1.165, 1.54) is 4.68 Å². The summed E-state index contributed by atoms with van der Waals surface area (Å²) in [6.45, 7) is 2.46. The van der Waals surface area contributed by atoms with Gasteiger partial charge in [-0.2, -0.15) is 5.10 Å².